The standard InChI is InChI=1S/C30H42N2O4/c1-5-7-9-11-13-25-14-16-26(17-15-25)31-32-28-19-18-27(34-20-12-10-8-6-2)23-29(28)35-21-22-36-30(33)24(3)4/h14-19,23H,3,5-13,20-22H2,1-2,4H3. The molecule has 0 aromatic heterocycles. The third kappa shape index (κ3) is 11.5. The van der Waals surface area contributed by atoms with Crippen LogP contribution in [0.5, 0.6) is 11.5 Å². The van der Waals surface area contributed by atoms with Gasteiger partial charge in [-0.15, -0.1) is 5.11 Å². The van der Waals surface area contributed by atoms with E-state index < -0.39 is 5.97 Å². The number of aryl methyl sites for hydroxylation is 1. The van der Waals surface area contributed by atoms with Crippen molar-refractivity contribution in [3.8, 4) is 11.5 Å². The van der Waals surface area contributed by atoms with Crippen molar-refractivity contribution in [1.82, 2.24) is 0 Å². The van der Waals surface area contributed by atoms with E-state index in [2.05, 4.69) is 42.8 Å². The Morgan fingerprint density at radius 1 is 0.806 bits per heavy atom. The van der Waals surface area contributed by atoms with Crippen LogP contribution in [0, 0.1) is 0 Å². The number of nitrogens with zero attached hydrogens (tertiary/aromatic N) is 2. The average molecular weight is 495 g/mol. The van der Waals surface area contributed by atoms with Crippen LogP contribution in [0.4, 0.5) is 11.4 Å². The second kappa shape index (κ2) is 17.3. The number of carbonyl (C=O) groups is 1. The fourth-order valence-corrected chi connectivity index (χ4v) is 3.51. The third-order valence-corrected chi connectivity index (χ3v) is 5.65. The van der Waals surface area contributed by atoms with Gasteiger partial charge in [-0.05, 0) is 56.0 Å². The summed E-state index contributed by atoms with van der Waals surface area (Å²) < 4.78 is 16.9. The van der Waals surface area contributed by atoms with Gasteiger partial charge in [0, 0.05) is 11.6 Å². The first kappa shape index (κ1) is 29.1. The highest BCUT2D eigenvalue weighted by Gasteiger charge is 2.08. The molecule has 0 spiro atoms. The van der Waals surface area contributed by atoms with Crippen LogP contribution in [0.1, 0.15) is 77.7 Å². The summed E-state index contributed by atoms with van der Waals surface area (Å²) in [6.07, 6.45) is 10.7. The van der Waals surface area contributed by atoms with Crippen LogP contribution in [0.15, 0.2) is 64.8 Å². The summed E-state index contributed by atoms with van der Waals surface area (Å²) in [5.41, 5.74) is 3.04. The number of ether oxygens (including phenoxy) is 3. The minimum atomic E-state index is -0.434. The fraction of sp³-hybridized carbons (Fsp3) is 0.500. The zero-order valence-corrected chi connectivity index (χ0v) is 22.3. The summed E-state index contributed by atoms with van der Waals surface area (Å²) in [5, 5.41) is 8.82. The molecule has 0 saturated heterocycles. The predicted molar refractivity (Wildman–Crippen MR) is 146 cm³/mol. The maximum Gasteiger partial charge on any atom is 0.333 e. The highest BCUT2D eigenvalue weighted by molar-refractivity contribution is 5.86. The molecule has 0 amide bonds. The van der Waals surface area contributed by atoms with Crippen molar-refractivity contribution >= 4 is 17.3 Å². The Labute approximate surface area is 216 Å². The minimum Gasteiger partial charge on any atom is -0.493 e. The maximum atomic E-state index is 11.6. The predicted octanol–water partition coefficient (Wildman–Crippen LogP) is 8.68. The van der Waals surface area contributed by atoms with E-state index in [-0.39, 0.29) is 13.2 Å². The van der Waals surface area contributed by atoms with E-state index in [0.717, 1.165) is 24.9 Å². The quantitative estimate of drug-likeness (QED) is 0.0899. The van der Waals surface area contributed by atoms with E-state index in [9.17, 15) is 4.79 Å². The molecule has 6 heteroatoms. The second-order valence-corrected chi connectivity index (χ2v) is 8.98. The largest absolute Gasteiger partial charge is 0.493 e. The Morgan fingerprint density at radius 3 is 2.22 bits per heavy atom. The van der Waals surface area contributed by atoms with Gasteiger partial charge in [-0.25, -0.2) is 4.79 Å². The average Bonchev–Trinajstić information content (AvgIpc) is 2.89. The molecule has 0 fully saturated rings. The summed E-state index contributed by atoms with van der Waals surface area (Å²) in [4.78, 5) is 11.6. The lowest BCUT2D eigenvalue weighted by Gasteiger charge is -2.12. The van der Waals surface area contributed by atoms with Crippen LogP contribution in [-0.2, 0) is 16.0 Å². The second-order valence-electron chi connectivity index (χ2n) is 8.98. The Hall–Kier alpha value is -3.15. The van der Waals surface area contributed by atoms with Crippen molar-refractivity contribution in [1.29, 1.82) is 0 Å². The van der Waals surface area contributed by atoms with Crippen molar-refractivity contribution in [3.05, 3.63) is 60.2 Å². The minimum absolute atomic E-state index is 0.115. The van der Waals surface area contributed by atoms with Crippen LogP contribution < -0.4 is 9.47 Å². The number of esters is 1. The van der Waals surface area contributed by atoms with Gasteiger partial charge in [0.2, 0.25) is 0 Å². The molecule has 0 bridgehead atoms. The zero-order chi connectivity index (χ0) is 26.0. The molecule has 0 saturated carbocycles. The summed E-state index contributed by atoms with van der Waals surface area (Å²) in [6.45, 7) is 10.6. The van der Waals surface area contributed by atoms with Gasteiger partial charge in [0.05, 0.1) is 12.3 Å². The maximum absolute atomic E-state index is 11.6. The highest BCUT2D eigenvalue weighted by Crippen LogP contribution is 2.33. The van der Waals surface area contributed by atoms with E-state index >= 15 is 0 Å². The van der Waals surface area contributed by atoms with Crippen LogP contribution in [0.25, 0.3) is 0 Å². The molecule has 0 unspecified atom stereocenters. The van der Waals surface area contributed by atoms with Gasteiger partial charge in [0.1, 0.15) is 24.7 Å². The van der Waals surface area contributed by atoms with Gasteiger partial charge in [-0.3, -0.25) is 0 Å². The highest BCUT2D eigenvalue weighted by atomic mass is 16.6. The van der Waals surface area contributed by atoms with Crippen molar-refractivity contribution in [3.63, 3.8) is 0 Å². The van der Waals surface area contributed by atoms with E-state index in [1.807, 2.05) is 30.3 Å². The molecule has 2 aromatic carbocycles. The van der Waals surface area contributed by atoms with Crippen molar-refractivity contribution in [2.24, 2.45) is 10.2 Å². The molecule has 2 rings (SSSR count). The molecule has 0 radical (unpaired) electrons. The molecule has 0 aliphatic rings. The van der Waals surface area contributed by atoms with E-state index in [4.69, 9.17) is 14.2 Å². The van der Waals surface area contributed by atoms with Gasteiger partial charge in [0.15, 0.2) is 5.75 Å². The van der Waals surface area contributed by atoms with Gasteiger partial charge >= 0.3 is 5.97 Å². The SMILES string of the molecule is C=C(C)C(=O)OCCOc1cc(OCCCCCC)ccc1N=Nc1ccc(CCCCCC)cc1. The Morgan fingerprint density at radius 2 is 1.53 bits per heavy atom. The van der Waals surface area contributed by atoms with Crippen LogP contribution >= 0.6 is 0 Å². The normalized spacial score (nSPS) is 11.0. The smallest absolute Gasteiger partial charge is 0.333 e. The zero-order valence-electron chi connectivity index (χ0n) is 22.3. The lowest BCUT2D eigenvalue weighted by molar-refractivity contribution is -0.139. The number of hydrogen-bond acceptors (Lipinski definition) is 6. The third-order valence-electron chi connectivity index (χ3n) is 5.65. The summed E-state index contributed by atoms with van der Waals surface area (Å²) in [6, 6.07) is 13.7. The van der Waals surface area contributed by atoms with Gasteiger partial charge in [-0.1, -0.05) is 71.1 Å². The van der Waals surface area contributed by atoms with Crippen molar-refractivity contribution in [2.45, 2.75) is 78.6 Å². The Balaban J connectivity index is 2.02. The molecule has 6 nitrogen and oxygen atoms in total. The van der Waals surface area contributed by atoms with Crippen LogP contribution in [0.2, 0.25) is 0 Å². The Kier molecular flexibility index (Phi) is 14.0. The molecule has 0 N–H and O–H groups in total. The van der Waals surface area contributed by atoms with E-state index in [1.165, 1.54) is 44.1 Å². The first-order chi connectivity index (χ1) is 17.5. The first-order valence-electron chi connectivity index (χ1n) is 13.3. The molecule has 36 heavy (non-hydrogen) atoms. The van der Waals surface area contributed by atoms with Crippen molar-refractivity contribution < 1.29 is 19.0 Å². The van der Waals surface area contributed by atoms with Crippen molar-refractivity contribution in [2.75, 3.05) is 19.8 Å². The van der Waals surface area contributed by atoms with Crippen LogP contribution in [0.3, 0.4) is 0 Å². The molecule has 0 aliphatic heterocycles. The van der Waals surface area contributed by atoms with Gasteiger partial charge < -0.3 is 14.2 Å². The number of benzene rings is 2. The van der Waals surface area contributed by atoms with E-state index in [0.29, 0.717) is 29.4 Å². The fourth-order valence-electron chi connectivity index (χ4n) is 3.51. The molecule has 0 atom stereocenters. The monoisotopic (exact) mass is 494 g/mol. The van der Waals surface area contributed by atoms with Gasteiger partial charge in [-0.2, -0.15) is 5.11 Å². The number of carbonyl (C=O) groups excluding carboxylic acids is 1. The van der Waals surface area contributed by atoms with E-state index in [1.54, 1.807) is 6.92 Å². The lowest BCUT2D eigenvalue weighted by Crippen LogP contribution is -2.12. The molecule has 196 valence electrons. The number of unbranched alkanes of at least 4 members (excludes halogenated alkanes) is 6. The summed E-state index contributed by atoms with van der Waals surface area (Å²) >= 11 is 0. The lowest BCUT2D eigenvalue weighted by atomic mass is 10.1. The molecule has 0 aliphatic carbocycles. The topological polar surface area (TPSA) is 69.5 Å². The molecule has 0 heterocycles. The molecular formula is C30H42N2O4. The number of azo groups is 1. The number of hydrogen-bond donors (Lipinski definition) is 0. The molecule has 2 aromatic rings. The summed E-state index contributed by atoms with van der Waals surface area (Å²) in [5.74, 6) is 0.812. The van der Waals surface area contributed by atoms with Gasteiger partial charge in [0.25, 0.3) is 0 Å². The number of rotatable bonds is 18. The first-order valence-corrected chi connectivity index (χ1v) is 13.3. The molecular weight excluding hydrogens is 452 g/mol. The summed E-state index contributed by atoms with van der Waals surface area (Å²) in [7, 11) is 0. The van der Waals surface area contributed by atoms with Crippen LogP contribution in [-0.4, -0.2) is 25.8 Å². The Bertz CT molecular complexity index is 954.